The highest BCUT2D eigenvalue weighted by atomic mass is 35.5. The van der Waals surface area contributed by atoms with Gasteiger partial charge in [0.2, 0.25) is 0 Å². The molecule has 0 bridgehead atoms. The highest BCUT2D eigenvalue weighted by Crippen LogP contribution is 2.33. The van der Waals surface area contributed by atoms with Crippen molar-refractivity contribution in [2.45, 2.75) is 0 Å². The maximum Gasteiger partial charge on any atom is 0.138 e. The van der Waals surface area contributed by atoms with Crippen molar-refractivity contribution in [3.05, 3.63) is 72.1 Å². The summed E-state index contributed by atoms with van der Waals surface area (Å²) in [5.74, 6) is 2.03. The van der Waals surface area contributed by atoms with E-state index in [1.54, 1.807) is 24.2 Å². The number of rotatable bonds is 4. The summed E-state index contributed by atoms with van der Waals surface area (Å²) in [6, 6.07) is 14.8. The first kappa shape index (κ1) is 15.5. The Balaban J connectivity index is 1.77. The number of hydrogen-bond acceptors (Lipinski definition) is 4. The van der Waals surface area contributed by atoms with Gasteiger partial charge in [-0.25, -0.2) is 4.68 Å². The summed E-state index contributed by atoms with van der Waals surface area (Å²) in [6.07, 6.45) is 5.28. The number of hydrogen-bond donors (Lipinski definition) is 0. The van der Waals surface area contributed by atoms with Gasteiger partial charge in [0.05, 0.1) is 18.3 Å². The molecule has 0 radical (unpaired) electrons. The summed E-state index contributed by atoms with van der Waals surface area (Å²) < 4.78 is 13.2. The Labute approximate surface area is 149 Å². The Hall–Kier alpha value is -3.05. The molecule has 2 heterocycles. The van der Waals surface area contributed by atoms with Crippen LogP contribution in [-0.2, 0) is 0 Å². The molecule has 0 aliphatic rings. The molecular weight excluding hydrogens is 338 g/mol. The van der Waals surface area contributed by atoms with Gasteiger partial charge < -0.3 is 9.47 Å². The zero-order chi connectivity index (χ0) is 17.2. The van der Waals surface area contributed by atoms with Gasteiger partial charge in [0.1, 0.15) is 17.2 Å². The Morgan fingerprint density at radius 1 is 1.00 bits per heavy atom. The molecule has 0 amide bonds. The van der Waals surface area contributed by atoms with E-state index in [1.807, 2.05) is 54.7 Å². The van der Waals surface area contributed by atoms with E-state index in [4.69, 9.17) is 21.1 Å². The van der Waals surface area contributed by atoms with E-state index >= 15 is 0 Å². The Morgan fingerprint density at radius 3 is 2.68 bits per heavy atom. The molecule has 0 saturated carbocycles. The van der Waals surface area contributed by atoms with Crippen molar-refractivity contribution in [1.29, 1.82) is 0 Å². The van der Waals surface area contributed by atoms with Crippen molar-refractivity contribution in [3.8, 4) is 22.9 Å². The first-order valence-electron chi connectivity index (χ1n) is 7.64. The van der Waals surface area contributed by atoms with Crippen LogP contribution in [0.3, 0.4) is 0 Å². The molecule has 124 valence electrons. The number of halogens is 1. The van der Waals surface area contributed by atoms with Gasteiger partial charge in [-0.3, -0.25) is 4.98 Å². The second kappa shape index (κ2) is 6.45. The average molecular weight is 352 g/mol. The third-order valence-electron chi connectivity index (χ3n) is 3.76. The van der Waals surface area contributed by atoms with E-state index in [9.17, 15) is 0 Å². The van der Waals surface area contributed by atoms with Crippen LogP contribution in [-0.4, -0.2) is 21.9 Å². The first-order chi connectivity index (χ1) is 12.2. The van der Waals surface area contributed by atoms with E-state index in [0.29, 0.717) is 22.3 Å². The van der Waals surface area contributed by atoms with Crippen molar-refractivity contribution in [3.63, 3.8) is 0 Å². The average Bonchev–Trinajstić information content (AvgIpc) is 3.16. The predicted molar refractivity (Wildman–Crippen MR) is 96.9 cm³/mol. The lowest BCUT2D eigenvalue weighted by atomic mass is 10.2. The summed E-state index contributed by atoms with van der Waals surface area (Å²) >= 11 is 6.04. The molecular formula is C19H14ClN3O2. The summed E-state index contributed by atoms with van der Waals surface area (Å²) in [6.45, 7) is 0. The summed E-state index contributed by atoms with van der Waals surface area (Å²) in [5, 5.41) is 5.77. The number of methoxy groups -OCH3 is 1. The zero-order valence-electron chi connectivity index (χ0n) is 13.4. The van der Waals surface area contributed by atoms with Crippen LogP contribution >= 0.6 is 11.6 Å². The topological polar surface area (TPSA) is 49.2 Å². The fourth-order valence-electron chi connectivity index (χ4n) is 2.60. The van der Waals surface area contributed by atoms with Gasteiger partial charge in [-0.1, -0.05) is 11.6 Å². The Kier molecular flexibility index (Phi) is 3.99. The summed E-state index contributed by atoms with van der Waals surface area (Å²) in [5.41, 5.74) is 1.63. The first-order valence-corrected chi connectivity index (χ1v) is 8.02. The molecule has 6 heteroatoms. The molecule has 0 fully saturated rings. The molecule has 0 aliphatic carbocycles. The molecule has 2 aromatic heterocycles. The fraction of sp³-hybridized carbons (Fsp3) is 0.0526. The van der Waals surface area contributed by atoms with Crippen molar-refractivity contribution in [2.24, 2.45) is 0 Å². The third kappa shape index (κ3) is 3.14. The number of nitrogens with zero attached hydrogens (tertiary/aromatic N) is 3. The number of ether oxygens (including phenoxy) is 2. The van der Waals surface area contributed by atoms with Gasteiger partial charge in [-0.2, -0.15) is 5.10 Å². The van der Waals surface area contributed by atoms with Crippen LogP contribution in [0.1, 0.15) is 0 Å². The minimum atomic E-state index is 0.638. The lowest BCUT2D eigenvalue weighted by Crippen LogP contribution is -1.97. The van der Waals surface area contributed by atoms with Crippen molar-refractivity contribution in [2.75, 3.05) is 7.11 Å². The van der Waals surface area contributed by atoms with Crippen LogP contribution in [0.5, 0.6) is 17.2 Å². The summed E-state index contributed by atoms with van der Waals surface area (Å²) in [7, 11) is 1.62. The highest BCUT2D eigenvalue weighted by molar-refractivity contribution is 6.31. The van der Waals surface area contributed by atoms with Gasteiger partial charge in [-0.15, -0.1) is 0 Å². The molecule has 4 aromatic rings. The SMILES string of the molecule is COc1cc(Oc2ccnc3cc(Cl)ccc23)cc(-n2cccn2)c1. The second-order valence-corrected chi connectivity index (χ2v) is 5.83. The fourth-order valence-corrected chi connectivity index (χ4v) is 2.76. The number of aromatic nitrogens is 3. The minimum absolute atomic E-state index is 0.638. The van der Waals surface area contributed by atoms with Crippen LogP contribution in [0.25, 0.3) is 16.6 Å². The van der Waals surface area contributed by atoms with Gasteiger partial charge in [0.25, 0.3) is 0 Å². The van der Waals surface area contributed by atoms with Gasteiger partial charge in [0, 0.05) is 47.2 Å². The number of benzene rings is 2. The zero-order valence-corrected chi connectivity index (χ0v) is 14.1. The Morgan fingerprint density at radius 2 is 1.88 bits per heavy atom. The predicted octanol–water partition coefficient (Wildman–Crippen LogP) is 4.87. The summed E-state index contributed by atoms with van der Waals surface area (Å²) in [4.78, 5) is 4.33. The molecule has 0 atom stereocenters. The van der Waals surface area contributed by atoms with Gasteiger partial charge in [0.15, 0.2) is 0 Å². The number of fused-ring (bicyclic) bond motifs is 1. The second-order valence-electron chi connectivity index (χ2n) is 5.39. The molecule has 4 rings (SSSR count). The van der Waals surface area contributed by atoms with Gasteiger partial charge in [-0.05, 0) is 30.3 Å². The number of pyridine rings is 1. The smallest absolute Gasteiger partial charge is 0.138 e. The molecule has 0 N–H and O–H groups in total. The normalized spacial score (nSPS) is 10.8. The molecule has 0 aliphatic heterocycles. The maximum absolute atomic E-state index is 6.11. The molecule has 0 spiro atoms. The highest BCUT2D eigenvalue weighted by Gasteiger charge is 2.09. The quantitative estimate of drug-likeness (QED) is 0.526. The monoisotopic (exact) mass is 351 g/mol. The van der Waals surface area contributed by atoms with E-state index in [2.05, 4.69) is 10.1 Å². The van der Waals surface area contributed by atoms with Crippen molar-refractivity contribution in [1.82, 2.24) is 14.8 Å². The largest absolute Gasteiger partial charge is 0.497 e. The van der Waals surface area contributed by atoms with Crippen LogP contribution in [0.2, 0.25) is 5.02 Å². The molecule has 0 unspecified atom stereocenters. The van der Waals surface area contributed by atoms with E-state index in [1.165, 1.54) is 0 Å². The van der Waals surface area contributed by atoms with E-state index in [0.717, 1.165) is 16.6 Å². The van der Waals surface area contributed by atoms with Crippen LogP contribution in [0, 0.1) is 0 Å². The van der Waals surface area contributed by atoms with Crippen molar-refractivity contribution >= 4 is 22.5 Å². The third-order valence-corrected chi connectivity index (χ3v) is 4.00. The van der Waals surface area contributed by atoms with Crippen LogP contribution in [0.4, 0.5) is 0 Å². The molecule has 25 heavy (non-hydrogen) atoms. The van der Waals surface area contributed by atoms with E-state index in [-0.39, 0.29) is 0 Å². The molecule has 5 nitrogen and oxygen atoms in total. The molecule has 0 saturated heterocycles. The Bertz CT molecular complexity index is 1030. The minimum Gasteiger partial charge on any atom is -0.497 e. The lowest BCUT2D eigenvalue weighted by Gasteiger charge is -2.12. The molecule has 2 aromatic carbocycles. The standard InChI is InChI=1S/C19H14ClN3O2/c1-24-15-10-14(23-8-2-6-22-23)11-16(12-15)25-19-5-7-21-18-9-13(20)3-4-17(18)19/h2-12H,1H3. The lowest BCUT2D eigenvalue weighted by molar-refractivity contribution is 0.409. The van der Waals surface area contributed by atoms with Crippen LogP contribution in [0.15, 0.2) is 67.1 Å². The van der Waals surface area contributed by atoms with Crippen molar-refractivity contribution < 1.29 is 9.47 Å². The maximum atomic E-state index is 6.11. The van der Waals surface area contributed by atoms with Crippen LogP contribution < -0.4 is 9.47 Å². The van der Waals surface area contributed by atoms with E-state index < -0.39 is 0 Å². The van der Waals surface area contributed by atoms with Gasteiger partial charge >= 0.3 is 0 Å².